The number of hydrogen-bond acceptors (Lipinski definition) is 5. The topological polar surface area (TPSA) is 114 Å². The summed E-state index contributed by atoms with van der Waals surface area (Å²) >= 11 is -2.12. The lowest BCUT2D eigenvalue weighted by Crippen LogP contribution is -2.12. The van der Waals surface area contributed by atoms with E-state index in [0.29, 0.717) is 40.1 Å². The lowest BCUT2D eigenvalue weighted by molar-refractivity contribution is 0.356. The van der Waals surface area contributed by atoms with Crippen molar-refractivity contribution in [1.82, 2.24) is 10.2 Å². The molecule has 3 aromatic rings. The lowest BCUT2D eigenvalue weighted by Gasteiger charge is -2.11. The molecule has 1 heterocycles. The molecule has 3 N–H and O–H groups in total. The molecule has 0 saturated heterocycles. The van der Waals surface area contributed by atoms with E-state index in [9.17, 15) is 9.00 Å². The van der Waals surface area contributed by atoms with Gasteiger partial charge in [-0.1, -0.05) is 12.1 Å². The summed E-state index contributed by atoms with van der Waals surface area (Å²) in [6.07, 6.45) is 0.464. The normalized spacial score (nSPS) is 12.0. The van der Waals surface area contributed by atoms with Crippen LogP contribution in [0.1, 0.15) is 11.3 Å². The first kappa shape index (κ1) is 17.9. The summed E-state index contributed by atoms with van der Waals surface area (Å²) in [5, 5.41) is 7.80. The van der Waals surface area contributed by atoms with Crippen LogP contribution in [0, 0.1) is 0 Å². The third-order valence-electron chi connectivity index (χ3n) is 3.90. The van der Waals surface area contributed by atoms with Crippen LogP contribution in [-0.4, -0.2) is 33.2 Å². The van der Waals surface area contributed by atoms with Crippen LogP contribution in [0.5, 0.6) is 11.5 Å². The van der Waals surface area contributed by atoms with Gasteiger partial charge in [-0.25, -0.2) is 9.31 Å². The molecule has 1 atom stereocenters. The fourth-order valence-electron chi connectivity index (χ4n) is 2.66. The molecule has 0 spiro atoms. The van der Waals surface area contributed by atoms with Gasteiger partial charge in [0.1, 0.15) is 0 Å². The van der Waals surface area contributed by atoms with Crippen LogP contribution in [-0.2, 0) is 17.7 Å². The molecule has 0 aliphatic carbocycles. The predicted octanol–water partition coefficient (Wildman–Crippen LogP) is 2.08. The van der Waals surface area contributed by atoms with E-state index in [-0.39, 0.29) is 5.56 Å². The molecule has 0 amide bonds. The lowest BCUT2D eigenvalue weighted by atomic mass is 10.0. The first-order valence-electron chi connectivity index (χ1n) is 7.61. The van der Waals surface area contributed by atoms with E-state index >= 15 is 0 Å². The standard InChI is InChI=1S/C17H17N3O5S/c1-24-15-8-12-13(9-16(15)25-2)17(21)19-18-14(12)7-10-3-5-11(6-4-10)20-26(22)23/h3-6,8-9,20H,7H2,1-2H3,(H,19,21)(H,22,23). The zero-order chi connectivity index (χ0) is 18.7. The highest BCUT2D eigenvalue weighted by Crippen LogP contribution is 2.32. The highest BCUT2D eigenvalue weighted by molar-refractivity contribution is 7.80. The number of rotatable bonds is 6. The van der Waals surface area contributed by atoms with E-state index in [2.05, 4.69) is 14.9 Å². The Morgan fingerprint density at radius 3 is 2.31 bits per heavy atom. The van der Waals surface area contributed by atoms with Crippen molar-refractivity contribution in [2.75, 3.05) is 18.9 Å². The summed E-state index contributed by atoms with van der Waals surface area (Å²) in [6.45, 7) is 0. The highest BCUT2D eigenvalue weighted by atomic mass is 32.2. The Bertz CT molecular complexity index is 1020. The van der Waals surface area contributed by atoms with Gasteiger partial charge < -0.3 is 9.47 Å². The van der Waals surface area contributed by atoms with Gasteiger partial charge in [-0.15, -0.1) is 0 Å². The molecule has 0 aliphatic rings. The number of ether oxygens (including phenoxy) is 2. The van der Waals surface area contributed by atoms with Crippen LogP contribution >= 0.6 is 0 Å². The minimum Gasteiger partial charge on any atom is -0.493 e. The largest absolute Gasteiger partial charge is 0.493 e. The van der Waals surface area contributed by atoms with Crippen molar-refractivity contribution in [3.05, 3.63) is 58.0 Å². The van der Waals surface area contributed by atoms with Crippen LogP contribution in [0.4, 0.5) is 5.69 Å². The smallest absolute Gasteiger partial charge is 0.272 e. The van der Waals surface area contributed by atoms with Gasteiger partial charge in [-0.3, -0.25) is 14.1 Å². The van der Waals surface area contributed by atoms with Crippen molar-refractivity contribution in [3.63, 3.8) is 0 Å². The highest BCUT2D eigenvalue weighted by Gasteiger charge is 2.13. The van der Waals surface area contributed by atoms with Gasteiger partial charge in [0.05, 0.1) is 25.3 Å². The molecule has 0 aliphatic heterocycles. The zero-order valence-corrected chi connectivity index (χ0v) is 14.9. The number of hydrogen-bond donors (Lipinski definition) is 3. The Balaban J connectivity index is 2.01. The third-order valence-corrected chi connectivity index (χ3v) is 4.31. The van der Waals surface area contributed by atoms with Gasteiger partial charge in [0.2, 0.25) is 0 Å². The summed E-state index contributed by atoms with van der Waals surface area (Å²) in [6, 6.07) is 10.4. The minimum absolute atomic E-state index is 0.310. The van der Waals surface area contributed by atoms with Crippen LogP contribution in [0.2, 0.25) is 0 Å². The fourth-order valence-corrected chi connectivity index (χ4v) is 3.00. The molecule has 1 unspecified atom stereocenters. The van der Waals surface area contributed by atoms with Crippen LogP contribution < -0.4 is 19.8 Å². The number of aromatic nitrogens is 2. The molecule has 26 heavy (non-hydrogen) atoms. The molecular formula is C17H17N3O5S. The molecule has 0 fully saturated rings. The molecule has 0 saturated carbocycles. The van der Waals surface area contributed by atoms with Crippen LogP contribution in [0.25, 0.3) is 10.8 Å². The Labute approximate surface area is 151 Å². The molecule has 0 radical (unpaired) electrons. The van der Waals surface area contributed by atoms with Crippen molar-refractivity contribution in [2.24, 2.45) is 0 Å². The van der Waals surface area contributed by atoms with E-state index in [1.54, 1.807) is 24.3 Å². The third kappa shape index (κ3) is 3.68. The van der Waals surface area contributed by atoms with Gasteiger partial charge >= 0.3 is 0 Å². The Morgan fingerprint density at radius 2 is 1.73 bits per heavy atom. The number of fused-ring (bicyclic) bond motifs is 1. The summed E-state index contributed by atoms with van der Waals surface area (Å²) < 4.78 is 32.6. The second kappa shape index (κ2) is 7.54. The van der Waals surface area contributed by atoms with Crippen LogP contribution in [0.15, 0.2) is 41.2 Å². The van der Waals surface area contributed by atoms with Gasteiger partial charge in [-0.05, 0) is 29.8 Å². The number of methoxy groups -OCH3 is 2. The maximum absolute atomic E-state index is 12.1. The maximum Gasteiger partial charge on any atom is 0.272 e. The van der Waals surface area contributed by atoms with Gasteiger partial charge in [0.25, 0.3) is 16.8 Å². The molecule has 8 nitrogen and oxygen atoms in total. The molecule has 2 aromatic carbocycles. The van der Waals surface area contributed by atoms with E-state index in [0.717, 1.165) is 5.56 Å². The number of nitrogens with zero attached hydrogens (tertiary/aromatic N) is 1. The molecule has 0 bridgehead atoms. The molecule has 3 rings (SSSR count). The summed E-state index contributed by atoms with van der Waals surface area (Å²) in [5.41, 5.74) is 1.82. The van der Waals surface area contributed by atoms with Gasteiger partial charge in [-0.2, -0.15) is 5.10 Å². The Kier molecular flexibility index (Phi) is 5.19. The van der Waals surface area contributed by atoms with E-state index in [1.807, 2.05) is 12.1 Å². The molecule has 136 valence electrons. The Morgan fingerprint density at radius 1 is 1.12 bits per heavy atom. The van der Waals surface area contributed by atoms with Crippen molar-refractivity contribution >= 4 is 27.7 Å². The summed E-state index contributed by atoms with van der Waals surface area (Å²) in [7, 11) is 3.04. The molecular weight excluding hydrogens is 358 g/mol. The quantitative estimate of drug-likeness (QED) is 0.569. The second-order valence-electron chi connectivity index (χ2n) is 5.48. The maximum atomic E-state index is 12.1. The average Bonchev–Trinajstić information content (AvgIpc) is 2.64. The SMILES string of the molecule is COc1cc2c(Cc3ccc(NS(=O)O)cc3)n[nH]c(=O)c2cc1OC. The van der Waals surface area contributed by atoms with Crippen molar-refractivity contribution < 1.29 is 18.2 Å². The Hall–Kier alpha value is -2.91. The van der Waals surface area contributed by atoms with E-state index < -0.39 is 11.3 Å². The van der Waals surface area contributed by atoms with Crippen molar-refractivity contribution in [1.29, 1.82) is 0 Å². The second-order valence-corrected chi connectivity index (χ2v) is 6.18. The average molecular weight is 375 g/mol. The summed E-state index contributed by atoms with van der Waals surface area (Å²) in [5.74, 6) is 0.980. The number of anilines is 1. The monoisotopic (exact) mass is 375 g/mol. The first-order chi connectivity index (χ1) is 12.5. The van der Waals surface area contributed by atoms with Crippen LogP contribution in [0.3, 0.4) is 0 Å². The number of aromatic amines is 1. The molecule has 1 aromatic heterocycles. The fraction of sp³-hybridized carbons (Fsp3) is 0.176. The number of nitrogens with one attached hydrogen (secondary N) is 2. The van der Waals surface area contributed by atoms with Gasteiger partial charge in [0, 0.05) is 17.5 Å². The number of benzene rings is 2. The summed E-state index contributed by atoms with van der Waals surface area (Å²) in [4.78, 5) is 12.1. The van der Waals surface area contributed by atoms with E-state index in [1.165, 1.54) is 14.2 Å². The molecule has 9 heteroatoms. The predicted molar refractivity (Wildman–Crippen MR) is 99.1 cm³/mol. The number of H-pyrrole nitrogens is 1. The van der Waals surface area contributed by atoms with Gasteiger partial charge in [0.15, 0.2) is 11.5 Å². The zero-order valence-electron chi connectivity index (χ0n) is 14.1. The first-order valence-corrected chi connectivity index (χ1v) is 8.72. The van der Waals surface area contributed by atoms with Crippen molar-refractivity contribution in [2.45, 2.75) is 6.42 Å². The van der Waals surface area contributed by atoms with Crippen molar-refractivity contribution in [3.8, 4) is 11.5 Å². The van der Waals surface area contributed by atoms with E-state index in [4.69, 9.17) is 14.0 Å². The minimum atomic E-state index is -2.12.